The van der Waals surface area contributed by atoms with Gasteiger partial charge in [0.1, 0.15) is 19.8 Å². The summed E-state index contributed by atoms with van der Waals surface area (Å²) in [4.78, 5) is 38.0. The van der Waals surface area contributed by atoms with Crippen LogP contribution in [0.2, 0.25) is 0 Å². The maximum absolute atomic E-state index is 12.8. The summed E-state index contributed by atoms with van der Waals surface area (Å²) in [7, 11) is 1.15. The second kappa shape index (κ2) is 63.9. The Hall–Kier alpha value is -3.59. The summed E-state index contributed by atoms with van der Waals surface area (Å²) in [6.45, 7) is 4.01. The van der Waals surface area contributed by atoms with E-state index in [1.807, 2.05) is 21.1 Å². The highest BCUT2D eigenvalue weighted by molar-refractivity contribution is 7.45. The molecule has 0 N–H and O–H groups in total. The normalized spacial score (nSPS) is 13.9. The lowest BCUT2D eigenvalue weighted by atomic mass is 10.0. The number of carbonyl (C=O) groups excluding carboxylic acids is 2. The summed E-state index contributed by atoms with van der Waals surface area (Å²) in [5, 5.41) is 0. The highest BCUT2D eigenvalue weighted by atomic mass is 31.2. The van der Waals surface area contributed by atoms with Crippen LogP contribution in [0.25, 0.3) is 0 Å². The van der Waals surface area contributed by atoms with E-state index in [9.17, 15) is 19.0 Å². The molecule has 0 saturated carbocycles. The van der Waals surface area contributed by atoms with E-state index in [1.165, 1.54) is 128 Å². The van der Waals surface area contributed by atoms with Crippen molar-refractivity contribution in [2.75, 3.05) is 47.5 Å². The number of ether oxygens (including phenoxy) is 2. The standard InChI is InChI=1S/C74H128NO8P/c1-6-8-10-12-14-16-18-20-22-24-26-28-30-32-33-34-35-36-37-38-39-40-41-43-44-46-48-50-52-54-56-58-60-62-64-66-73(76)80-70-72(71-82-84(78,79)81-69-68-75(3,4)5)83-74(77)67-65-63-61-59-57-55-53-51-49-47-45-42-31-29-27-25-23-21-19-17-15-13-11-9-7-2/h8-11,14-17,20-23,26-29,42,45,49,51,72H,6-7,12-13,18-19,24-25,30-41,43-44,46-48,50,52-71H2,1-5H3/b10-8-,11-9-,16-14-,17-15-,22-20-,23-21-,28-26-,29-27-,45-42-,51-49-. The molecule has 0 fully saturated rings. The molecule has 0 heterocycles. The van der Waals surface area contributed by atoms with Crippen molar-refractivity contribution in [3.05, 3.63) is 122 Å². The average Bonchev–Trinajstić information content (AvgIpc) is 3.60. The largest absolute Gasteiger partial charge is 0.756 e. The third-order valence-corrected chi connectivity index (χ3v) is 15.4. The summed E-state index contributed by atoms with van der Waals surface area (Å²) < 4.78 is 34.3. The van der Waals surface area contributed by atoms with Crippen LogP contribution in [-0.2, 0) is 32.7 Å². The summed E-state index contributed by atoms with van der Waals surface area (Å²) in [6, 6.07) is 0. The lowest BCUT2D eigenvalue weighted by molar-refractivity contribution is -0.870. The molecule has 0 aromatic carbocycles. The van der Waals surface area contributed by atoms with Gasteiger partial charge >= 0.3 is 11.9 Å². The van der Waals surface area contributed by atoms with E-state index >= 15 is 0 Å². The van der Waals surface area contributed by atoms with Crippen LogP contribution in [-0.4, -0.2) is 70.0 Å². The molecule has 0 aliphatic rings. The predicted octanol–water partition coefficient (Wildman–Crippen LogP) is 21.6. The van der Waals surface area contributed by atoms with Gasteiger partial charge in [-0.25, -0.2) is 0 Å². The predicted molar refractivity (Wildman–Crippen MR) is 360 cm³/mol. The monoisotopic (exact) mass is 1190 g/mol. The number of unbranched alkanes of at least 4 members (excludes halogenated alkanes) is 28. The molecule has 0 aromatic rings. The molecule has 0 radical (unpaired) electrons. The lowest BCUT2D eigenvalue weighted by Crippen LogP contribution is -2.37. The van der Waals surface area contributed by atoms with Crippen LogP contribution < -0.4 is 4.89 Å². The van der Waals surface area contributed by atoms with Gasteiger partial charge in [0.25, 0.3) is 7.82 Å². The third kappa shape index (κ3) is 67.5. The van der Waals surface area contributed by atoms with Crippen LogP contribution in [0, 0.1) is 0 Å². The second-order valence-corrected chi connectivity index (χ2v) is 25.2. The van der Waals surface area contributed by atoms with E-state index < -0.39 is 26.5 Å². The van der Waals surface area contributed by atoms with Crippen molar-refractivity contribution in [3.63, 3.8) is 0 Å². The van der Waals surface area contributed by atoms with Gasteiger partial charge in [0.2, 0.25) is 0 Å². The molecule has 0 aromatic heterocycles. The Balaban J connectivity index is 4.05. The molecule has 0 rings (SSSR count). The van der Waals surface area contributed by atoms with Gasteiger partial charge in [-0.2, -0.15) is 0 Å². The quantitative estimate of drug-likeness (QED) is 0.0195. The minimum absolute atomic E-state index is 0.0384. The van der Waals surface area contributed by atoms with Gasteiger partial charge < -0.3 is 27.9 Å². The summed E-state index contributed by atoms with van der Waals surface area (Å²) in [5.74, 6) is -0.847. The summed E-state index contributed by atoms with van der Waals surface area (Å²) in [6.07, 6.45) is 91.3. The highest BCUT2D eigenvalue weighted by Crippen LogP contribution is 2.38. The summed E-state index contributed by atoms with van der Waals surface area (Å²) >= 11 is 0. The number of hydrogen-bond donors (Lipinski definition) is 0. The van der Waals surface area contributed by atoms with Gasteiger partial charge in [0, 0.05) is 12.8 Å². The van der Waals surface area contributed by atoms with Crippen LogP contribution in [0.5, 0.6) is 0 Å². The minimum atomic E-state index is -4.65. The number of nitrogens with zero attached hydrogens (tertiary/aromatic N) is 1. The van der Waals surface area contributed by atoms with Crippen LogP contribution in [0.4, 0.5) is 0 Å². The molecule has 9 nitrogen and oxygen atoms in total. The molecular weight excluding hydrogens is 1060 g/mol. The van der Waals surface area contributed by atoms with Crippen molar-refractivity contribution in [2.24, 2.45) is 0 Å². The Labute approximate surface area is 518 Å². The topological polar surface area (TPSA) is 111 Å². The van der Waals surface area contributed by atoms with Gasteiger partial charge in [-0.3, -0.25) is 14.2 Å². The third-order valence-electron chi connectivity index (χ3n) is 14.5. The molecule has 0 amide bonds. The van der Waals surface area contributed by atoms with Crippen molar-refractivity contribution >= 4 is 19.8 Å². The molecule has 10 heteroatoms. The number of allylic oxidation sites excluding steroid dienone is 20. The zero-order valence-electron chi connectivity index (χ0n) is 54.8. The number of phosphoric ester groups is 1. The van der Waals surface area contributed by atoms with Crippen molar-refractivity contribution in [2.45, 2.75) is 290 Å². The number of rotatable bonds is 62. The van der Waals surface area contributed by atoms with E-state index in [1.54, 1.807) is 0 Å². The minimum Gasteiger partial charge on any atom is -0.756 e. The van der Waals surface area contributed by atoms with Crippen molar-refractivity contribution in [3.8, 4) is 0 Å². The fourth-order valence-corrected chi connectivity index (χ4v) is 10.0. The molecule has 2 unspecified atom stereocenters. The van der Waals surface area contributed by atoms with Crippen molar-refractivity contribution < 1.29 is 42.1 Å². The van der Waals surface area contributed by atoms with Crippen molar-refractivity contribution in [1.29, 1.82) is 0 Å². The fourth-order valence-electron chi connectivity index (χ4n) is 9.30. The van der Waals surface area contributed by atoms with Crippen LogP contribution in [0.1, 0.15) is 284 Å². The maximum Gasteiger partial charge on any atom is 0.306 e. The van der Waals surface area contributed by atoms with Gasteiger partial charge in [-0.05, 0) is 103 Å². The first-order valence-electron chi connectivity index (χ1n) is 34.2. The Morgan fingerprint density at radius 2 is 0.643 bits per heavy atom. The number of phosphoric acid groups is 1. The first kappa shape index (κ1) is 80.4. The number of esters is 2. The Bertz CT molecular complexity index is 1830. The summed E-state index contributed by atoms with van der Waals surface area (Å²) in [5.41, 5.74) is 0. The molecule has 0 saturated heterocycles. The highest BCUT2D eigenvalue weighted by Gasteiger charge is 2.22. The van der Waals surface area contributed by atoms with Crippen LogP contribution in [0.3, 0.4) is 0 Å². The fraction of sp³-hybridized carbons (Fsp3) is 0.703. The molecule has 0 aliphatic carbocycles. The SMILES string of the molecule is CC/C=C\C/C=C\C/C=C\C/C=C\C/C=C\C/C=C\CCCCCCCCC(=O)OC(COC(=O)CCCCCCCCCCCCCCCCCCCCCCCC/C=C\C/C=C\C/C=C\C/C=C\CC)COP(=O)([O-])OCC[N+](C)(C)C. The van der Waals surface area contributed by atoms with Crippen LogP contribution >= 0.6 is 7.82 Å². The van der Waals surface area contributed by atoms with E-state index in [-0.39, 0.29) is 32.0 Å². The van der Waals surface area contributed by atoms with E-state index in [4.69, 9.17) is 18.5 Å². The average molecular weight is 1190 g/mol. The van der Waals surface area contributed by atoms with Gasteiger partial charge in [-0.15, -0.1) is 0 Å². The Morgan fingerprint density at radius 3 is 0.952 bits per heavy atom. The molecular formula is C74H128NO8P. The maximum atomic E-state index is 12.8. The second-order valence-electron chi connectivity index (χ2n) is 23.8. The zero-order chi connectivity index (χ0) is 61.2. The van der Waals surface area contributed by atoms with E-state index in [0.29, 0.717) is 17.4 Å². The Morgan fingerprint density at radius 1 is 0.369 bits per heavy atom. The molecule has 0 spiro atoms. The van der Waals surface area contributed by atoms with Crippen LogP contribution in [0.15, 0.2) is 122 Å². The lowest BCUT2D eigenvalue weighted by Gasteiger charge is -2.28. The van der Waals surface area contributed by atoms with E-state index in [2.05, 4.69) is 135 Å². The first-order valence-corrected chi connectivity index (χ1v) is 35.7. The number of quaternary nitrogens is 1. The van der Waals surface area contributed by atoms with Gasteiger partial charge in [-0.1, -0.05) is 289 Å². The number of likely N-dealkylation sites (N-methyl/N-ethyl adjacent to an activating group) is 1. The van der Waals surface area contributed by atoms with Crippen molar-refractivity contribution in [1.82, 2.24) is 0 Å². The molecule has 84 heavy (non-hydrogen) atoms. The zero-order valence-corrected chi connectivity index (χ0v) is 55.7. The molecule has 0 bridgehead atoms. The van der Waals surface area contributed by atoms with Gasteiger partial charge in [0.15, 0.2) is 6.10 Å². The Kier molecular flexibility index (Phi) is 61.2. The molecule has 2 atom stereocenters. The number of carbonyl (C=O) groups is 2. The number of hydrogen-bond acceptors (Lipinski definition) is 8. The van der Waals surface area contributed by atoms with E-state index in [0.717, 1.165) is 122 Å². The molecule has 482 valence electrons. The molecule has 0 aliphatic heterocycles. The smallest absolute Gasteiger partial charge is 0.306 e. The van der Waals surface area contributed by atoms with Gasteiger partial charge in [0.05, 0.1) is 27.7 Å². The first-order chi connectivity index (χ1) is 41.0.